The van der Waals surface area contributed by atoms with Gasteiger partial charge in [0, 0.05) is 13.1 Å². The van der Waals surface area contributed by atoms with Crippen LogP contribution in [0.2, 0.25) is 0 Å². The van der Waals surface area contributed by atoms with Crippen molar-refractivity contribution in [1.82, 2.24) is 10.2 Å². The van der Waals surface area contributed by atoms with Crippen molar-refractivity contribution in [3.63, 3.8) is 0 Å². The second-order valence-electron chi connectivity index (χ2n) is 2.38. The molecule has 0 aromatic heterocycles. The average molecular weight is 174 g/mol. The van der Waals surface area contributed by atoms with Crippen LogP contribution in [0.4, 0.5) is 0 Å². The molecule has 0 saturated heterocycles. The lowest BCUT2D eigenvalue weighted by Crippen LogP contribution is -2.31. The molecule has 0 fully saturated rings. The van der Waals surface area contributed by atoms with Crippen molar-refractivity contribution >= 4 is 0 Å². The zero-order valence-electron chi connectivity index (χ0n) is 9.48. The van der Waals surface area contributed by atoms with Crippen molar-refractivity contribution in [2.45, 2.75) is 34.6 Å². The first kappa shape index (κ1) is 14.4. The van der Waals surface area contributed by atoms with Crippen LogP contribution in [0.15, 0.2) is 0 Å². The van der Waals surface area contributed by atoms with Gasteiger partial charge in [0.2, 0.25) is 0 Å². The summed E-state index contributed by atoms with van der Waals surface area (Å²) in [5.41, 5.74) is 0. The molecule has 2 heteroatoms. The molecule has 1 N–H and O–H groups in total. The molecule has 0 atom stereocenters. The van der Waals surface area contributed by atoms with Crippen LogP contribution < -0.4 is 5.32 Å². The third-order valence-electron chi connectivity index (χ3n) is 1.75. The van der Waals surface area contributed by atoms with Crippen LogP contribution in [-0.2, 0) is 0 Å². The van der Waals surface area contributed by atoms with E-state index in [9.17, 15) is 0 Å². The first-order valence-corrected chi connectivity index (χ1v) is 5.28. The third kappa shape index (κ3) is 9.92. The zero-order chi connectivity index (χ0) is 9.82. The number of likely N-dealkylation sites (N-methyl/N-ethyl adjacent to an activating group) is 2. The van der Waals surface area contributed by atoms with Gasteiger partial charge >= 0.3 is 0 Å². The molecule has 0 unspecified atom stereocenters. The van der Waals surface area contributed by atoms with Crippen molar-refractivity contribution in [3.8, 4) is 0 Å². The van der Waals surface area contributed by atoms with Gasteiger partial charge in [-0.3, -0.25) is 0 Å². The van der Waals surface area contributed by atoms with Gasteiger partial charge in [-0.1, -0.05) is 34.6 Å². The Morgan fingerprint density at radius 2 is 1.50 bits per heavy atom. The first-order valence-electron chi connectivity index (χ1n) is 5.28. The highest BCUT2D eigenvalue weighted by atomic mass is 15.1. The Hall–Kier alpha value is -0.0800. The fourth-order valence-corrected chi connectivity index (χ4v) is 0.954. The van der Waals surface area contributed by atoms with Crippen LogP contribution in [0.25, 0.3) is 0 Å². The largest absolute Gasteiger partial charge is 0.316 e. The maximum Gasteiger partial charge on any atom is 0.0107 e. The normalized spacial score (nSPS) is 9.50. The summed E-state index contributed by atoms with van der Waals surface area (Å²) in [6.07, 6.45) is 0. The lowest BCUT2D eigenvalue weighted by Gasteiger charge is -2.17. The lowest BCUT2D eigenvalue weighted by molar-refractivity contribution is 0.303. The van der Waals surface area contributed by atoms with Crippen LogP contribution in [0.5, 0.6) is 0 Å². The molecule has 0 heterocycles. The molecular weight excluding hydrogens is 148 g/mol. The molecule has 76 valence electrons. The minimum Gasteiger partial charge on any atom is -0.316 e. The number of rotatable bonds is 6. The number of hydrogen-bond donors (Lipinski definition) is 1. The van der Waals surface area contributed by atoms with Crippen molar-refractivity contribution in [2.75, 3.05) is 32.7 Å². The quantitative estimate of drug-likeness (QED) is 0.619. The van der Waals surface area contributed by atoms with E-state index in [2.05, 4.69) is 31.0 Å². The highest BCUT2D eigenvalue weighted by Crippen LogP contribution is 1.83. The average Bonchev–Trinajstić information content (AvgIpc) is 2.16. The van der Waals surface area contributed by atoms with Gasteiger partial charge in [0.1, 0.15) is 0 Å². The molecule has 2 nitrogen and oxygen atoms in total. The zero-order valence-corrected chi connectivity index (χ0v) is 9.48. The Morgan fingerprint density at radius 1 is 1.00 bits per heavy atom. The maximum absolute atomic E-state index is 3.31. The maximum atomic E-state index is 3.31. The molecular formula is C10H26N2. The predicted molar refractivity (Wildman–Crippen MR) is 57.7 cm³/mol. The Balaban J connectivity index is 0. The van der Waals surface area contributed by atoms with Crippen LogP contribution in [-0.4, -0.2) is 37.6 Å². The molecule has 0 aliphatic heterocycles. The summed E-state index contributed by atoms with van der Waals surface area (Å²) in [6.45, 7) is 16.3. The number of nitrogens with one attached hydrogen (secondary N) is 1. The van der Waals surface area contributed by atoms with Gasteiger partial charge in [-0.15, -0.1) is 0 Å². The van der Waals surface area contributed by atoms with Gasteiger partial charge in [0.15, 0.2) is 0 Å². The van der Waals surface area contributed by atoms with E-state index in [0.717, 1.165) is 13.1 Å². The summed E-state index contributed by atoms with van der Waals surface area (Å²) in [6, 6.07) is 0. The van der Waals surface area contributed by atoms with E-state index >= 15 is 0 Å². The van der Waals surface area contributed by atoms with E-state index in [0.29, 0.717) is 0 Å². The smallest absolute Gasteiger partial charge is 0.0107 e. The van der Waals surface area contributed by atoms with Crippen LogP contribution >= 0.6 is 0 Å². The molecule has 0 bridgehead atoms. The fourth-order valence-electron chi connectivity index (χ4n) is 0.954. The van der Waals surface area contributed by atoms with Gasteiger partial charge in [0.25, 0.3) is 0 Å². The minimum atomic E-state index is 1.08. The van der Waals surface area contributed by atoms with Gasteiger partial charge in [-0.25, -0.2) is 0 Å². The second kappa shape index (κ2) is 13.5. The van der Waals surface area contributed by atoms with Gasteiger partial charge in [-0.2, -0.15) is 0 Å². The third-order valence-corrected chi connectivity index (χ3v) is 1.75. The van der Waals surface area contributed by atoms with E-state index in [1.807, 2.05) is 13.8 Å². The van der Waals surface area contributed by atoms with Gasteiger partial charge in [0.05, 0.1) is 0 Å². The number of hydrogen-bond acceptors (Lipinski definition) is 2. The molecule has 0 radical (unpaired) electrons. The summed E-state index contributed by atoms with van der Waals surface area (Å²) < 4.78 is 0. The SMILES string of the molecule is CC.CCNCCN(CC)CC. The van der Waals surface area contributed by atoms with Crippen LogP contribution in [0, 0.1) is 0 Å². The summed E-state index contributed by atoms with van der Waals surface area (Å²) in [7, 11) is 0. The molecule has 0 rings (SSSR count). The van der Waals surface area contributed by atoms with Gasteiger partial charge in [-0.05, 0) is 19.6 Å². The fraction of sp³-hybridized carbons (Fsp3) is 1.00. The second-order valence-corrected chi connectivity index (χ2v) is 2.38. The molecule has 0 amide bonds. The Labute approximate surface area is 78.3 Å². The number of nitrogens with zero attached hydrogens (tertiary/aromatic N) is 1. The summed E-state index contributed by atoms with van der Waals surface area (Å²) in [5, 5.41) is 3.31. The summed E-state index contributed by atoms with van der Waals surface area (Å²) >= 11 is 0. The standard InChI is InChI=1S/C8H20N2.C2H6/c1-4-9-7-8-10(5-2)6-3;1-2/h9H,4-8H2,1-3H3;1-2H3. The molecule has 0 aliphatic rings. The van der Waals surface area contributed by atoms with E-state index in [1.165, 1.54) is 19.6 Å². The molecule has 0 aromatic carbocycles. The first-order chi connectivity index (χ1) is 5.85. The van der Waals surface area contributed by atoms with Crippen LogP contribution in [0.1, 0.15) is 34.6 Å². The topological polar surface area (TPSA) is 15.3 Å². The van der Waals surface area contributed by atoms with E-state index in [4.69, 9.17) is 0 Å². The van der Waals surface area contributed by atoms with E-state index < -0.39 is 0 Å². The molecule has 0 saturated carbocycles. The summed E-state index contributed by atoms with van der Waals surface area (Å²) in [5.74, 6) is 0. The monoisotopic (exact) mass is 174 g/mol. The molecule has 0 spiro atoms. The Bertz CT molecular complexity index is 60.9. The highest BCUT2D eigenvalue weighted by Gasteiger charge is 1.95. The molecule has 0 aromatic rings. The predicted octanol–water partition coefficient (Wildman–Crippen LogP) is 1.96. The van der Waals surface area contributed by atoms with Crippen molar-refractivity contribution < 1.29 is 0 Å². The molecule has 12 heavy (non-hydrogen) atoms. The Morgan fingerprint density at radius 3 is 1.83 bits per heavy atom. The van der Waals surface area contributed by atoms with Gasteiger partial charge < -0.3 is 10.2 Å². The highest BCUT2D eigenvalue weighted by molar-refractivity contribution is 4.53. The Kier molecular flexibility index (Phi) is 16.3. The minimum absolute atomic E-state index is 1.08. The van der Waals surface area contributed by atoms with E-state index in [-0.39, 0.29) is 0 Å². The lowest BCUT2D eigenvalue weighted by atomic mass is 10.4. The van der Waals surface area contributed by atoms with E-state index in [1.54, 1.807) is 0 Å². The summed E-state index contributed by atoms with van der Waals surface area (Å²) in [4.78, 5) is 2.42. The molecule has 0 aliphatic carbocycles. The van der Waals surface area contributed by atoms with Crippen molar-refractivity contribution in [1.29, 1.82) is 0 Å². The van der Waals surface area contributed by atoms with Crippen molar-refractivity contribution in [3.05, 3.63) is 0 Å². The van der Waals surface area contributed by atoms with Crippen molar-refractivity contribution in [2.24, 2.45) is 0 Å². The van der Waals surface area contributed by atoms with Crippen LogP contribution in [0.3, 0.4) is 0 Å².